The normalized spacial score (nSPS) is 11.2. The van der Waals surface area contributed by atoms with E-state index in [0.717, 1.165) is 11.3 Å². The molecule has 2 rings (SSSR count). The second-order valence-corrected chi connectivity index (χ2v) is 5.70. The molecule has 2 aromatic rings. The molecule has 0 saturated heterocycles. The van der Waals surface area contributed by atoms with Crippen LogP contribution < -0.4 is 5.32 Å². The summed E-state index contributed by atoms with van der Waals surface area (Å²) in [5.74, 6) is 1.49. The van der Waals surface area contributed by atoms with E-state index in [1.165, 1.54) is 0 Å². The lowest BCUT2D eigenvalue weighted by Gasteiger charge is -2.22. The summed E-state index contributed by atoms with van der Waals surface area (Å²) < 4.78 is 5.38. The summed E-state index contributed by atoms with van der Waals surface area (Å²) in [6.07, 6.45) is 1.65. The lowest BCUT2D eigenvalue weighted by Crippen LogP contribution is -2.43. The van der Waals surface area contributed by atoms with Crippen LogP contribution in [0.3, 0.4) is 0 Å². The van der Waals surface area contributed by atoms with Gasteiger partial charge in [0, 0.05) is 21.1 Å². The minimum atomic E-state index is -0.00573. The highest BCUT2D eigenvalue weighted by molar-refractivity contribution is 5.86. The average molecular weight is 328 g/mol. The van der Waals surface area contributed by atoms with Gasteiger partial charge < -0.3 is 19.5 Å². The number of nitrogens with zero attached hydrogens (tertiary/aromatic N) is 3. The van der Waals surface area contributed by atoms with Crippen LogP contribution in [0, 0.1) is 0 Å². The van der Waals surface area contributed by atoms with Crippen molar-refractivity contribution in [2.45, 2.75) is 13.1 Å². The minimum absolute atomic E-state index is 0.00573. The van der Waals surface area contributed by atoms with E-state index in [9.17, 15) is 4.79 Å². The first-order valence-corrected chi connectivity index (χ1v) is 7.82. The van der Waals surface area contributed by atoms with Crippen molar-refractivity contribution in [3.63, 3.8) is 0 Å². The van der Waals surface area contributed by atoms with Crippen LogP contribution in [0.1, 0.15) is 11.3 Å². The van der Waals surface area contributed by atoms with Crippen LogP contribution in [0.15, 0.2) is 58.1 Å². The number of hydrogen-bond donors (Lipinski definition) is 1. The van der Waals surface area contributed by atoms with E-state index >= 15 is 0 Å². The highest BCUT2D eigenvalue weighted by atomic mass is 16.3. The molecule has 0 radical (unpaired) electrons. The van der Waals surface area contributed by atoms with Crippen molar-refractivity contribution in [3.05, 3.63) is 60.1 Å². The second kappa shape index (κ2) is 8.76. The molecule has 1 aromatic heterocycles. The van der Waals surface area contributed by atoms with E-state index in [-0.39, 0.29) is 12.5 Å². The van der Waals surface area contributed by atoms with Crippen molar-refractivity contribution in [1.82, 2.24) is 15.1 Å². The number of rotatable bonds is 6. The molecule has 0 spiro atoms. The van der Waals surface area contributed by atoms with E-state index < -0.39 is 0 Å². The number of hydrogen-bond acceptors (Lipinski definition) is 3. The third-order valence-corrected chi connectivity index (χ3v) is 3.49. The SMILES string of the molecule is CN(C)C(=O)CNC(=NCc1ccccc1)N(C)Cc1ccco1. The number of aliphatic imine (C=N–C) groups is 1. The Labute approximate surface area is 142 Å². The van der Waals surface area contributed by atoms with Gasteiger partial charge in [0.15, 0.2) is 5.96 Å². The molecule has 6 heteroatoms. The highest BCUT2D eigenvalue weighted by Crippen LogP contribution is 2.05. The summed E-state index contributed by atoms with van der Waals surface area (Å²) in [6.45, 7) is 1.31. The monoisotopic (exact) mass is 328 g/mol. The first kappa shape index (κ1) is 17.6. The number of carbonyl (C=O) groups excluding carboxylic acids is 1. The minimum Gasteiger partial charge on any atom is -0.467 e. The maximum absolute atomic E-state index is 11.8. The topological polar surface area (TPSA) is 61.1 Å². The summed E-state index contributed by atoms with van der Waals surface area (Å²) >= 11 is 0. The number of nitrogens with one attached hydrogen (secondary N) is 1. The molecule has 0 atom stereocenters. The summed E-state index contributed by atoms with van der Waals surface area (Å²) in [6, 6.07) is 13.8. The fourth-order valence-corrected chi connectivity index (χ4v) is 2.09. The standard InChI is InChI=1S/C18H24N4O2/c1-21(2)17(23)13-20-18(19-12-15-8-5-4-6-9-15)22(3)14-16-10-7-11-24-16/h4-11H,12-14H2,1-3H3,(H,19,20). The van der Waals surface area contributed by atoms with Gasteiger partial charge in [0.05, 0.1) is 25.9 Å². The zero-order valence-corrected chi connectivity index (χ0v) is 14.4. The average Bonchev–Trinajstić information content (AvgIpc) is 3.08. The van der Waals surface area contributed by atoms with Gasteiger partial charge in [-0.25, -0.2) is 4.99 Å². The zero-order valence-electron chi connectivity index (χ0n) is 14.4. The fraction of sp³-hybridized carbons (Fsp3) is 0.333. The Bertz CT molecular complexity index is 651. The number of amides is 1. The van der Waals surface area contributed by atoms with Gasteiger partial charge in [0.2, 0.25) is 5.91 Å². The van der Waals surface area contributed by atoms with Crippen LogP contribution in [-0.2, 0) is 17.9 Å². The number of benzene rings is 1. The number of guanidine groups is 1. The fourth-order valence-electron chi connectivity index (χ4n) is 2.09. The molecule has 24 heavy (non-hydrogen) atoms. The molecule has 1 heterocycles. The Hall–Kier alpha value is -2.76. The molecule has 6 nitrogen and oxygen atoms in total. The Morgan fingerprint density at radius 2 is 1.88 bits per heavy atom. The van der Waals surface area contributed by atoms with Crippen molar-refractivity contribution in [2.24, 2.45) is 4.99 Å². The molecular weight excluding hydrogens is 304 g/mol. The summed E-state index contributed by atoms with van der Waals surface area (Å²) in [7, 11) is 5.38. The number of furan rings is 1. The molecular formula is C18H24N4O2. The Balaban J connectivity index is 2.05. The molecule has 1 N–H and O–H groups in total. The van der Waals surface area contributed by atoms with E-state index in [4.69, 9.17) is 4.42 Å². The molecule has 0 aliphatic rings. The second-order valence-electron chi connectivity index (χ2n) is 5.70. The largest absolute Gasteiger partial charge is 0.467 e. The van der Waals surface area contributed by atoms with E-state index in [1.807, 2.05) is 54.4 Å². The smallest absolute Gasteiger partial charge is 0.241 e. The first-order chi connectivity index (χ1) is 11.6. The Morgan fingerprint density at radius 1 is 1.12 bits per heavy atom. The molecule has 0 bridgehead atoms. The lowest BCUT2D eigenvalue weighted by atomic mass is 10.2. The summed E-state index contributed by atoms with van der Waals surface area (Å²) in [5.41, 5.74) is 1.11. The van der Waals surface area contributed by atoms with Crippen LogP contribution in [-0.4, -0.2) is 49.4 Å². The molecule has 128 valence electrons. The predicted octanol–water partition coefficient (Wildman–Crippen LogP) is 1.95. The maximum atomic E-state index is 11.8. The molecule has 1 amide bonds. The highest BCUT2D eigenvalue weighted by Gasteiger charge is 2.11. The van der Waals surface area contributed by atoms with Gasteiger partial charge in [-0.15, -0.1) is 0 Å². The van der Waals surface area contributed by atoms with Gasteiger partial charge >= 0.3 is 0 Å². The molecule has 0 unspecified atom stereocenters. The van der Waals surface area contributed by atoms with E-state index in [1.54, 1.807) is 25.3 Å². The maximum Gasteiger partial charge on any atom is 0.241 e. The van der Waals surface area contributed by atoms with Crippen LogP contribution in [0.5, 0.6) is 0 Å². The Morgan fingerprint density at radius 3 is 2.50 bits per heavy atom. The third-order valence-electron chi connectivity index (χ3n) is 3.49. The van der Waals surface area contributed by atoms with Gasteiger partial charge in [-0.3, -0.25) is 4.79 Å². The predicted molar refractivity (Wildman–Crippen MR) is 94.5 cm³/mol. The van der Waals surface area contributed by atoms with Gasteiger partial charge in [-0.1, -0.05) is 30.3 Å². The first-order valence-electron chi connectivity index (χ1n) is 7.82. The van der Waals surface area contributed by atoms with Gasteiger partial charge in [-0.05, 0) is 17.7 Å². The van der Waals surface area contributed by atoms with Gasteiger partial charge in [0.25, 0.3) is 0 Å². The van der Waals surface area contributed by atoms with Crippen molar-refractivity contribution in [3.8, 4) is 0 Å². The molecule has 0 aliphatic carbocycles. The lowest BCUT2D eigenvalue weighted by molar-refractivity contribution is -0.127. The zero-order chi connectivity index (χ0) is 17.4. The quantitative estimate of drug-likeness (QED) is 0.650. The summed E-state index contributed by atoms with van der Waals surface area (Å²) in [5, 5.41) is 3.13. The molecule has 0 aliphatic heterocycles. The van der Waals surface area contributed by atoms with Crippen LogP contribution in [0.2, 0.25) is 0 Å². The number of likely N-dealkylation sites (N-methyl/N-ethyl adjacent to an activating group) is 1. The van der Waals surface area contributed by atoms with E-state index in [0.29, 0.717) is 19.0 Å². The molecule has 0 saturated carbocycles. The molecule has 1 aromatic carbocycles. The van der Waals surface area contributed by atoms with Gasteiger partial charge in [0.1, 0.15) is 5.76 Å². The van der Waals surface area contributed by atoms with Crippen molar-refractivity contribution in [2.75, 3.05) is 27.7 Å². The summed E-state index contributed by atoms with van der Waals surface area (Å²) in [4.78, 5) is 19.9. The Kier molecular flexibility index (Phi) is 6.42. The molecule has 0 fully saturated rings. The van der Waals surface area contributed by atoms with Crippen molar-refractivity contribution in [1.29, 1.82) is 0 Å². The van der Waals surface area contributed by atoms with Crippen molar-refractivity contribution >= 4 is 11.9 Å². The third kappa shape index (κ3) is 5.46. The van der Waals surface area contributed by atoms with Crippen LogP contribution in [0.4, 0.5) is 0 Å². The van der Waals surface area contributed by atoms with Crippen LogP contribution in [0.25, 0.3) is 0 Å². The number of carbonyl (C=O) groups is 1. The van der Waals surface area contributed by atoms with Gasteiger partial charge in [-0.2, -0.15) is 0 Å². The van der Waals surface area contributed by atoms with Crippen LogP contribution >= 0.6 is 0 Å². The van der Waals surface area contributed by atoms with Crippen molar-refractivity contribution < 1.29 is 9.21 Å². The van der Waals surface area contributed by atoms with E-state index in [2.05, 4.69) is 10.3 Å².